The molecule has 1 aromatic heterocycles. The number of benzene rings is 1. The average Bonchev–Trinajstić information content (AvgIpc) is 2.75. The Kier molecular flexibility index (Phi) is 3.33. The lowest BCUT2D eigenvalue weighted by Crippen LogP contribution is -1.88. The summed E-state index contributed by atoms with van der Waals surface area (Å²) in [7, 11) is 0. The normalized spacial score (nSPS) is 12.6. The minimum Gasteiger partial charge on any atom is -0.294 e. The van der Waals surface area contributed by atoms with E-state index < -0.39 is 0 Å². The molecule has 3 rings (SSSR count). The fourth-order valence-electron chi connectivity index (χ4n) is 1.60. The molecule has 4 nitrogen and oxygen atoms in total. The first-order valence-corrected chi connectivity index (χ1v) is 5.07. The van der Waals surface area contributed by atoms with Crippen molar-refractivity contribution >= 4 is 5.78 Å². The van der Waals surface area contributed by atoms with E-state index in [4.69, 9.17) is 0 Å². The molecule has 16 heavy (non-hydrogen) atoms. The monoisotopic (exact) mass is 213 g/mol. The lowest BCUT2D eigenvalue weighted by Gasteiger charge is -1.92. The van der Waals surface area contributed by atoms with Gasteiger partial charge in [0.05, 0.1) is 12.4 Å². The van der Waals surface area contributed by atoms with Crippen LogP contribution < -0.4 is 0 Å². The lowest BCUT2D eigenvalue weighted by molar-refractivity contribution is 0.0994. The van der Waals surface area contributed by atoms with E-state index in [0.29, 0.717) is 12.2 Å². The predicted molar refractivity (Wildman–Crippen MR) is 58.9 cm³/mol. The van der Waals surface area contributed by atoms with Crippen LogP contribution in [0, 0.1) is 0 Å². The Labute approximate surface area is 93.3 Å². The Morgan fingerprint density at radius 2 is 1.69 bits per heavy atom. The quantitative estimate of drug-likeness (QED) is 0.668. The molecule has 0 amide bonds. The molecule has 0 saturated carbocycles. The van der Waals surface area contributed by atoms with Crippen molar-refractivity contribution in [2.75, 3.05) is 0 Å². The van der Waals surface area contributed by atoms with E-state index in [1.807, 2.05) is 24.3 Å². The van der Waals surface area contributed by atoms with Gasteiger partial charge in [-0.2, -0.15) is 0 Å². The second kappa shape index (κ2) is 5.11. The third-order valence-corrected chi connectivity index (χ3v) is 2.35. The predicted octanol–water partition coefficient (Wildman–Crippen LogP) is 1.69. The van der Waals surface area contributed by atoms with Gasteiger partial charge >= 0.3 is 0 Å². The SMILES string of the molecule is O=C1CCc2ccccc21.c1cnnnc1. The number of Topliss-reactive ketones (excluding diaryl/α,β-unsaturated/α-hetero) is 1. The maximum Gasteiger partial charge on any atom is 0.163 e. The van der Waals surface area contributed by atoms with E-state index in [9.17, 15) is 4.79 Å². The van der Waals surface area contributed by atoms with Crippen LogP contribution in [0.4, 0.5) is 0 Å². The number of nitrogens with zero attached hydrogens (tertiary/aromatic N) is 3. The standard InChI is InChI=1S/C9H8O.C3H3N3/c10-9-6-5-7-3-1-2-4-8(7)9;1-2-4-6-5-3-1/h1-4H,5-6H2;1-3H. The van der Waals surface area contributed by atoms with Gasteiger partial charge in [-0.3, -0.25) is 4.79 Å². The van der Waals surface area contributed by atoms with Crippen molar-refractivity contribution in [3.05, 3.63) is 53.9 Å². The summed E-state index contributed by atoms with van der Waals surface area (Å²) in [4.78, 5) is 11.1. The Hall–Kier alpha value is -2.10. The van der Waals surface area contributed by atoms with Gasteiger partial charge in [-0.05, 0) is 23.3 Å². The molecule has 0 radical (unpaired) electrons. The third-order valence-electron chi connectivity index (χ3n) is 2.35. The number of aryl methyl sites for hydroxylation is 1. The largest absolute Gasteiger partial charge is 0.294 e. The van der Waals surface area contributed by atoms with Crippen LogP contribution in [0.5, 0.6) is 0 Å². The topological polar surface area (TPSA) is 55.7 Å². The summed E-state index contributed by atoms with van der Waals surface area (Å²) in [5, 5.41) is 10.1. The van der Waals surface area contributed by atoms with Gasteiger partial charge in [0, 0.05) is 12.0 Å². The molecule has 1 aliphatic rings. The van der Waals surface area contributed by atoms with Gasteiger partial charge in [0.25, 0.3) is 0 Å². The van der Waals surface area contributed by atoms with E-state index in [0.717, 1.165) is 12.0 Å². The number of fused-ring (bicyclic) bond motifs is 1. The number of ketones is 1. The third kappa shape index (κ3) is 2.48. The van der Waals surface area contributed by atoms with Gasteiger partial charge in [-0.25, -0.2) is 0 Å². The highest BCUT2D eigenvalue weighted by molar-refractivity contribution is 6.00. The van der Waals surface area contributed by atoms with Crippen molar-refractivity contribution in [2.24, 2.45) is 0 Å². The molecule has 0 N–H and O–H groups in total. The maximum atomic E-state index is 11.1. The van der Waals surface area contributed by atoms with Crippen LogP contribution in [-0.4, -0.2) is 21.2 Å². The molecule has 0 spiro atoms. The number of rotatable bonds is 0. The van der Waals surface area contributed by atoms with Crippen LogP contribution in [0.3, 0.4) is 0 Å². The summed E-state index contributed by atoms with van der Waals surface area (Å²) < 4.78 is 0. The van der Waals surface area contributed by atoms with Crippen molar-refractivity contribution < 1.29 is 4.79 Å². The molecule has 1 aliphatic carbocycles. The van der Waals surface area contributed by atoms with Gasteiger partial charge in [0.15, 0.2) is 5.78 Å². The molecule has 0 fully saturated rings. The van der Waals surface area contributed by atoms with Crippen molar-refractivity contribution in [3.63, 3.8) is 0 Å². The minimum atomic E-state index is 0.301. The molecule has 1 aromatic carbocycles. The van der Waals surface area contributed by atoms with Crippen molar-refractivity contribution in [1.29, 1.82) is 0 Å². The van der Waals surface area contributed by atoms with Gasteiger partial charge in [-0.1, -0.05) is 24.3 Å². The van der Waals surface area contributed by atoms with Crippen LogP contribution in [-0.2, 0) is 6.42 Å². The van der Waals surface area contributed by atoms with E-state index in [-0.39, 0.29) is 0 Å². The van der Waals surface area contributed by atoms with E-state index in [1.165, 1.54) is 5.56 Å². The first kappa shape index (κ1) is 10.4. The molecule has 0 bridgehead atoms. The summed E-state index contributed by atoms with van der Waals surface area (Å²) in [5.74, 6) is 0.301. The molecule has 0 saturated heterocycles. The Bertz CT molecular complexity index is 444. The first-order chi connectivity index (χ1) is 7.88. The van der Waals surface area contributed by atoms with Gasteiger partial charge in [-0.15, -0.1) is 10.2 Å². The zero-order valence-corrected chi connectivity index (χ0v) is 8.71. The van der Waals surface area contributed by atoms with Crippen LogP contribution in [0.25, 0.3) is 0 Å². The van der Waals surface area contributed by atoms with Gasteiger partial charge < -0.3 is 0 Å². The summed E-state index contributed by atoms with van der Waals surface area (Å²) >= 11 is 0. The van der Waals surface area contributed by atoms with Crippen LogP contribution in [0.1, 0.15) is 22.3 Å². The van der Waals surface area contributed by atoms with E-state index in [1.54, 1.807) is 18.5 Å². The second-order valence-corrected chi connectivity index (χ2v) is 3.39. The molecule has 0 unspecified atom stereocenters. The van der Waals surface area contributed by atoms with Crippen molar-refractivity contribution in [2.45, 2.75) is 12.8 Å². The van der Waals surface area contributed by atoms with Crippen LogP contribution >= 0.6 is 0 Å². The molecule has 1 heterocycles. The number of hydrogen-bond acceptors (Lipinski definition) is 4. The molecular formula is C12H11N3O. The number of carbonyl (C=O) groups is 1. The highest BCUT2D eigenvalue weighted by atomic mass is 16.1. The Morgan fingerprint density at radius 1 is 0.938 bits per heavy atom. The molecule has 2 aromatic rings. The fraction of sp³-hybridized carbons (Fsp3) is 0.167. The number of hydrogen-bond donors (Lipinski definition) is 0. The van der Waals surface area contributed by atoms with Gasteiger partial charge in [0.2, 0.25) is 0 Å². The molecule has 0 atom stereocenters. The smallest absolute Gasteiger partial charge is 0.163 e. The molecular weight excluding hydrogens is 202 g/mol. The second-order valence-electron chi connectivity index (χ2n) is 3.39. The average molecular weight is 213 g/mol. The minimum absolute atomic E-state index is 0.301. The zero-order valence-electron chi connectivity index (χ0n) is 8.71. The maximum absolute atomic E-state index is 11.1. The highest BCUT2D eigenvalue weighted by Gasteiger charge is 2.17. The fourth-order valence-corrected chi connectivity index (χ4v) is 1.60. The number of aromatic nitrogens is 3. The number of carbonyl (C=O) groups excluding carboxylic acids is 1. The first-order valence-electron chi connectivity index (χ1n) is 5.07. The molecule has 0 aliphatic heterocycles. The molecule has 4 heteroatoms. The summed E-state index contributed by atoms with van der Waals surface area (Å²) in [6.07, 6.45) is 4.80. The van der Waals surface area contributed by atoms with Crippen molar-refractivity contribution in [1.82, 2.24) is 15.4 Å². The summed E-state index contributed by atoms with van der Waals surface area (Å²) in [6, 6.07) is 9.55. The van der Waals surface area contributed by atoms with Crippen LogP contribution in [0.2, 0.25) is 0 Å². The summed E-state index contributed by atoms with van der Waals surface area (Å²) in [5.41, 5.74) is 2.15. The van der Waals surface area contributed by atoms with Crippen LogP contribution in [0.15, 0.2) is 42.7 Å². The highest BCUT2D eigenvalue weighted by Crippen LogP contribution is 2.20. The van der Waals surface area contributed by atoms with Crippen molar-refractivity contribution in [3.8, 4) is 0 Å². The van der Waals surface area contributed by atoms with Gasteiger partial charge in [0.1, 0.15) is 0 Å². The molecule has 80 valence electrons. The Balaban J connectivity index is 0.000000138. The van der Waals surface area contributed by atoms with E-state index >= 15 is 0 Å². The Morgan fingerprint density at radius 3 is 2.25 bits per heavy atom. The zero-order chi connectivity index (χ0) is 11.2. The van der Waals surface area contributed by atoms with E-state index in [2.05, 4.69) is 15.4 Å². The summed E-state index contributed by atoms with van der Waals surface area (Å²) in [6.45, 7) is 0. The lowest BCUT2D eigenvalue weighted by atomic mass is 10.1.